The highest BCUT2D eigenvalue weighted by atomic mass is 16.3. The second-order valence-electron chi connectivity index (χ2n) is 4.69. The Hall–Kier alpha value is -1.28. The second kappa shape index (κ2) is 5.87. The van der Waals surface area contributed by atoms with Gasteiger partial charge in [-0.1, -0.05) is 38.7 Å². The van der Waals surface area contributed by atoms with E-state index in [0.717, 1.165) is 23.9 Å². The van der Waals surface area contributed by atoms with Crippen LogP contribution in [0, 0.1) is 0 Å². The highest BCUT2D eigenvalue weighted by Gasteiger charge is 2.07. The van der Waals surface area contributed by atoms with E-state index in [4.69, 9.17) is 0 Å². The molecule has 1 aromatic heterocycles. The van der Waals surface area contributed by atoms with Crippen LogP contribution < -0.4 is 0 Å². The third kappa shape index (κ3) is 3.10. The van der Waals surface area contributed by atoms with Crippen molar-refractivity contribution < 1.29 is 5.11 Å². The van der Waals surface area contributed by atoms with E-state index in [-0.39, 0.29) is 6.10 Å². The van der Waals surface area contributed by atoms with E-state index in [1.54, 1.807) is 0 Å². The molecular formula is C15H21NO. The van der Waals surface area contributed by atoms with Crippen molar-refractivity contribution in [3.05, 3.63) is 36.0 Å². The second-order valence-corrected chi connectivity index (χ2v) is 4.69. The monoisotopic (exact) mass is 231 g/mol. The molecule has 2 N–H and O–H groups in total. The molecule has 0 radical (unpaired) electrons. The topological polar surface area (TPSA) is 36.0 Å². The molecule has 2 aromatic rings. The van der Waals surface area contributed by atoms with Gasteiger partial charge < -0.3 is 10.1 Å². The molecule has 0 amide bonds. The van der Waals surface area contributed by atoms with E-state index in [2.05, 4.69) is 18.0 Å². The smallest absolute Gasteiger partial charge is 0.0790 e. The van der Waals surface area contributed by atoms with Crippen LogP contribution in [0.25, 0.3) is 10.9 Å². The lowest BCUT2D eigenvalue weighted by Gasteiger charge is -2.10. The number of aromatic nitrogens is 1. The third-order valence-electron chi connectivity index (χ3n) is 3.29. The van der Waals surface area contributed by atoms with Gasteiger partial charge in [-0.05, 0) is 35.6 Å². The van der Waals surface area contributed by atoms with Gasteiger partial charge in [-0.15, -0.1) is 0 Å². The van der Waals surface area contributed by atoms with Gasteiger partial charge in [0.05, 0.1) is 6.10 Å². The lowest BCUT2D eigenvalue weighted by molar-refractivity contribution is 0.163. The maximum Gasteiger partial charge on any atom is 0.0790 e. The zero-order chi connectivity index (χ0) is 12.1. The van der Waals surface area contributed by atoms with Gasteiger partial charge in [0.1, 0.15) is 0 Å². The number of nitrogens with one attached hydrogen (secondary N) is 1. The third-order valence-corrected chi connectivity index (χ3v) is 3.29. The molecule has 92 valence electrons. The number of unbranched alkanes of at least 4 members (excludes halogenated alkanes) is 3. The molecule has 2 heteroatoms. The van der Waals surface area contributed by atoms with Crippen molar-refractivity contribution in [1.29, 1.82) is 0 Å². The van der Waals surface area contributed by atoms with Crippen LogP contribution >= 0.6 is 0 Å². The summed E-state index contributed by atoms with van der Waals surface area (Å²) in [6, 6.07) is 8.18. The summed E-state index contributed by atoms with van der Waals surface area (Å²) < 4.78 is 0. The highest BCUT2D eigenvalue weighted by molar-refractivity contribution is 5.79. The molecule has 0 bridgehead atoms. The van der Waals surface area contributed by atoms with E-state index >= 15 is 0 Å². The Balaban J connectivity index is 1.95. The molecule has 0 aliphatic heterocycles. The zero-order valence-electron chi connectivity index (χ0n) is 10.4. The number of hydrogen-bond acceptors (Lipinski definition) is 1. The lowest BCUT2D eigenvalue weighted by atomic mass is 10.0. The number of aliphatic hydroxyl groups is 1. The summed E-state index contributed by atoms with van der Waals surface area (Å²) in [7, 11) is 0. The Morgan fingerprint density at radius 1 is 1.18 bits per heavy atom. The Bertz CT molecular complexity index is 461. The summed E-state index contributed by atoms with van der Waals surface area (Å²) in [5, 5.41) is 11.3. The molecule has 0 aliphatic carbocycles. The maximum atomic E-state index is 10.1. The number of rotatable bonds is 6. The number of fused-ring (bicyclic) bond motifs is 1. The van der Waals surface area contributed by atoms with Gasteiger partial charge in [0.2, 0.25) is 0 Å². The summed E-state index contributed by atoms with van der Waals surface area (Å²) in [5.41, 5.74) is 2.17. The van der Waals surface area contributed by atoms with Crippen LogP contribution in [0.15, 0.2) is 30.5 Å². The Kier molecular flexibility index (Phi) is 4.21. The largest absolute Gasteiger partial charge is 0.388 e. The zero-order valence-corrected chi connectivity index (χ0v) is 10.4. The van der Waals surface area contributed by atoms with Gasteiger partial charge >= 0.3 is 0 Å². The molecule has 2 nitrogen and oxygen atoms in total. The Morgan fingerprint density at radius 2 is 2.06 bits per heavy atom. The van der Waals surface area contributed by atoms with Crippen molar-refractivity contribution in [1.82, 2.24) is 4.98 Å². The minimum absolute atomic E-state index is 0.314. The first-order chi connectivity index (χ1) is 8.31. The van der Waals surface area contributed by atoms with E-state index in [9.17, 15) is 5.11 Å². The molecule has 1 heterocycles. The first-order valence-electron chi connectivity index (χ1n) is 6.56. The van der Waals surface area contributed by atoms with Crippen molar-refractivity contribution >= 4 is 10.9 Å². The minimum Gasteiger partial charge on any atom is -0.388 e. The van der Waals surface area contributed by atoms with Crippen LogP contribution in [0.1, 0.15) is 50.7 Å². The average Bonchev–Trinajstić information content (AvgIpc) is 2.81. The first kappa shape index (κ1) is 12.2. The van der Waals surface area contributed by atoms with Gasteiger partial charge in [-0.2, -0.15) is 0 Å². The van der Waals surface area contributed by atoms with E-state index in [0.29, 0.717) is 0 Å². The van der Waals surface area contributed by atoms with Crippen LogP contribution in [-0.4, -0.2) is 10.1 Å². The van der Waals surface area contributed by atoms with E-state index in [1.165, 1.54) is 24.6 Å². The fourth-order valence-electron chi connectivity index (χ4n) is 2.21. The summed E-state index contributed by atoms with van der Waals surface area (Å²) >= 11 is 0. The molecule has 0 saturated carbocycles. The number of aromatic amines is 1. The Morgan fingerprint density at radius 3 is 2.88 bits per heavy atom. The summed E-state index contributed by atoms with van der Waals surface area (Å²) in [4.78, 5) is 3.16. The highest BCUT2D eigenvalue weighted by Crippen LogP contribution is 2.23. The molecule has 0 aliphatic rings. The van der Waals surface area contributed by atoms with Crippen LogP contribution in [0.2, 0.25) is 0 Å². The number of H-pyrrole nitrogens is 1. The minimum atomic E-state index is -0.314. The summed E-state index contributed by atoms with van der Waals surface area (Å²) in [6.07, 6.45) is 7.33. The van der Waals surface area contributed by atoms with Gasteiger partial charge in [-0.3, -0.25) is 0 Å². The molecular weight excluding hydrogens is 210 g/mol. The van der Waals surface area contributed by atoms with Crippen molar-refractivity contribution in [3.63, 3.8) is 0 Å². The molecule has 1 aromatic carbocycles. The Labute approximate surface area is 103 Å². The normalized spacial score (nSPS) is 13.1. The molecule has 2 rings (SSSR count). The fraction of sp³-hybridized carbons (Fsp3) is 0.467. The quantitative estimate of drug-likeness (QED) is 0.719. The van der Waals surface area contributed by atoms with Crippen molar-refractivity contribution in [2.75, 3.05) is 0 Å². The SMILES string of the molecule is CCCCCCC(O)c1ccc2[nH]ccc2c1. The molecule has 1 unspecified atom stereocenters. The molecule has 0 spiro atoms. The van der Waals surface area contributed by atoms with Crippen LogP contribution in [0.3, 0.4) is 0 Å². The van der Waals surface area contributed by atoms with Crippen LogP contribution in [0.4, 0.5) is 0 Å². The average molecular weight is 231 g/mol. The standard InChI is InChI=1S/C15H21NO/c1-2-3-4-5-6-15(17)13-7-8-14-12(11-13)9-10-16-14/h7-11,15-17H,2-6H2,1H3. The van der Waals surface area contributed by atoms with Crippen molar-refractivity contribution in [2.24, 2.45) is 0 Å². The molecule has 0 saturated heterocycles. The van der Waals surface area contributed by atoms with Gasteiger partial charge in [-0.25, -0.2) is 0 Å². The molecule has 0 fully saturated rings. The number of benzene rings is 1. The molecule has 1 atom stereocenters. The van der Waals surface area contributed by atoms with Gasteiger partial charge in [0, 0.05) is 11.7 Å². The number of hydrogen-bond donors (Lipinski definition) is 2. The number of aliphatic hydroxyl groups excluding tert-OH is 1. The van der Waals surface area contributed by atoms with Crippen molar-refractivity contribution in [3.8, 4) is 0 Å². The fourth-order valence-corrected chi connectivity index (χ4v) is 2.21. The van der Waals surface area contributed by atoms with Crippen LogP contribution in [0.5, 0.6) is 0 Å². The predicted octanol–water partition coefficient (Wildman–Crippen LogP) is 4.17. The van der Waals surface area contributed by atoms with Gasteiger partial charge in [0.25, 0.3) is 0 Å². The summed E-state index contributed by atoms with van der Waals surface area (Å²) in [5.74, 6) is 0. The lowest BCUT2D eigenvalue weighted by Crippen LogP contribution is -1.97. The predicted molar refractivity (Wildman–Crippen MR) is 72.0 cm³/mol. The van der Waals surface area contributed by atoms with Crippen LogP contribution in [-0.2, 0) is 0 Å². The first-order valence-corrected chi connectivity index (χ1v) is 6.56. The van der Waals surface area contributed by atoms with Gasteiger partial charge in [0.15, 0.2) is 0 Å². The van der Waals surface area contributed by atoms with E-state index in [1.807, 2.05) is 24.4 Å². The maximum absolute atomic E-state index is 10.1. The van der Waals surface area contributed by atoms with Crippen molar-refractivity contribution in [2.45, 2.75) is 45.1 Å². The summed E-state index contributed by atoms with van der Waals surface area (Å²) in [6.45, 7) is 2.20. The van der Waals surface area contributed by atoms with E-state index < -0.39 is 0 Å². The molecule has 17 heavy (non-hydrogen) atoms.